The lowest BCUT2D eigenvalue weighted by Crippen LogP contribution is -1.93. The lowest BCUT2D eigenvalue weighted by molar-refractivity contribution is 0.506. The van der Waals surface area contributed by atoms with Crippen molar-refractivity contribution in [2.75, 3.05) is 6.54 Å². The van der Waals surface area contributed by atoms with E-state index in [0.29, 0.717) is 17.2 Å². The average Bonchev–Trinajstić information content (AvgIpc) is 2.85. The monoisotopic (exact) mass is 295 g/mol. The maximum Gasteiger partial charge on any atom is 0.159 e. The lowest BCUT2D eigenvalue weighted by Gasteiger charge is -2.01. The van der Waals surface area contributed by atoms with Crippen LogP contribution in [0, 0.1) is 23.5 Å². The minimum Gasteiger partial charge on any atom is -0.320 e. The fourth-order valence-corrected chi connectivity index (χ4v) is 3.29. The minimum absolute atomic E-state index is 0.325. The van der Waals surface area contributed by atoms with Gasteiger partial charge in [-0.3, -0.25) is 0 Å². The highest BCUT2D eigenvalue weighted by atomic mass is 32.2. The second-order valence-corrected chi connectivity index (χ2v) is 5.68. The molecule has 1 aromatic heterocycles. The van der Waals surface area contributed by atoms with Gasteiger partial charge >= 0.3 is 0 Å². The van der Waals surface area contributed by atoms with Crippen LogP contribution in [-0.4, -0.2) is 6.54 Å². The van der Waals surface area contributed by atoms with Crippen LogP contribution in [0.4, 0.5) is 8.78 Å². The summed E-state index contributed by atoms with van der Waals surface area (Å²) in [6.07, 6.45) is 0. The summed E-state index contributed by atoms with van der Waals surface area (Å²) in [5.41, 5.74) is 6.29. The molecule has 0 unspecified atom stereocenters. The molecular formula is C14H11F2NS2. The molecule has 1 heterocycles. The molecule has 0 aliphatic heterocycles. The van der Waals surface area contributed by atoms with Crippen LogP contribution in [0.15, 0.2) is 34.5 Å². The van der Waals surface area contributed by atoms with Gasteiger partial charge in [0, 0.05) is 21.1 Å². The highest BCUT2D eigenvalue weighted by Crippen LogP contribution is 2.28. The Morgan fingerprint density at radius 3 is 2.79 bits per heavy atom. The molecule has 1 nitrogen and oxygen atoms in total. The number of nitrogens with two attached hydrogens (primary N) is 1. The Morgan fingerprint density at radius 2 is 2.05 bits per heavy atom. The van der Waals surface area contributed by atoms with Crippen LogP contribution in [0.25, 0.3) is 0 Å². The van der Waals surface area contributed by atoms with Gasteiger partial charge in [-0.05, 0) is 29.6 Å². The van der Waals surface area contributed by atoms with Crippen LogP contribution < -0.4 is 5.73 Å². The van der Waals surface area contributed by atoms with E-state index in [1.54, 1.807) is 17.4 Å². The van der Waals surface area contributed by atoms with Gasteiger partial charge in [0.15, 0.2) is 11.6 Å². The average molecular weight is 295 g/mol. The summed E-state index contributed by atoms with van der Waals surface area (Å²) in [5, 5.41) is 1.96. The molecular weight excluding hydrogens is 284 g/mol. The molecule has 0 bridgehead atoms. The Labute approximate surface area is 118 Å². The Bertz CT molecular complexity index is 626. The first-order valence-electron chi connectivity index (χ1n) is 5.54. The zero-order chi connectivity index (χ0) is 13.7. The van der Waals surface area contributed by atoms with E-state index >= 15 is 0 Å². The predicted octanol–water partition coefficient (Wildman–Crippen LogP) is 3.63. The van der Waals surface area contributed by atoms with Crippen LogP contribution in [0.3, 0.4) is 0 Å². The van der Waals surface area contributed by atoms with Gasteiger partial charge in [-0.1, -0.05) is 11.8 Å². The molecule has 0 radical (unpaired) electrons. The van der Waals surface area contributed by atoms with Crippen LogP contribution >= 0.6 is 23.1 Å². The van der Waals surface area contributed by atoms with Crippen molar-refractivity contribution in [1.29, 1.82) is 0 Å². The minimum atomic E-state index is -0.824. The molecule has 0 saturated carbocycles. The van der Waals surface area contributed by atoms with Crippen LogP contribution in [0.1, 0.15) is 10.4 Å². The zero-order valence-corrected chi connectivity index (χ0v) is 11.6. The highest BCUT2D eigenvalue weighted by molar-refractivity contribution is 7.98. The van der Waals surface area contributed by atoms with Crippen molar-refractivity contribution < 1.29 is 8.78 Å². The normalized spacial score (nSPS) is 10.1. The molecule has 5 heteroatoms. The number of hydrogen-bond donors (Lipinski definition) is 1. The first-order valence-corrected chi connectivity index (χ1v) is 7.40. The van der Waals surface area contributed by atoms with Crippen LogP contribution in [0.5, 0.6) is 0 Å². The molecule has 0 amide bonds. The van der Waals surface area contributed by atoms with E-state index < -0.39 is 11.6 Å². The third-order valence-electron chi connectivity index (χ3n) is 2.33. The standard InChI is InChI=1S/C14H11F2NS2/c15-12-4-3-11(8-13(12)16)19-9-14-10(2-1-6-17)5-7-18-14/h3-5,7-8H,6,9,17H2. The second kappa shape index (κ2) is 6.71. The lowest BCUT2D eigenvalue weighted by atomic mass is 10.3. The quantitative estimate of drug-likeness (QED) is 0.691. The van der Waals surface area contributed by atoms with E-state index in [4.69, 9.17) is 5.73 Å². The SMILES string of the molecule is NCC#Cc1ccsc1CSc1ccc(F)c(F)c1. The Morgan fingerprint density at radius 1 is 1.21 bits per heavy atom. The molecule has 2 N–H and O–H groups in total. The zero-order valence-electron chi connectivity index (χ0n) is 9.95. The van der Waals surface area contributed by atoms with Gasteiger partial charge in [0.05, 0.1) is 6.54 Å². The van der Waals surface area contributed by atoms with Crippen molar-refractivity contribution in [2.24, 2.45) is 5.73 Å². The summed E-state index contributed by atoms with van der Waals surface area (Å²) in [6, 6.07) is 5.86. The first-order chi connectivity index (χ1) is 9.20. The summed E-state index contributed by atoms with van der Waals surface area (Å²) in [4.78, 5) is 1.81. The number of benzene rings is 1. The Balaban J connectivity index is 2.06. The van der Waals surface area contributed by atoms with Gasteiger partial charge in [0.1, 0.15) is 0 Å². The molecule has 19 heavy (non-hydrogen) atoms. The molecule has 0 atom stereocenters. The van der Waals surface area contributed by atoms with Gasteiger partial charge in [-0.2, -0.15) is 0 Å². The number of thioether (sulfide) groups is 1. The molecule has 1 aromatic carbocycles. The fourth-order valence-electron chi connectivity index (χ4n) is 1.43. The third-order valence-corrected chi connectivity index (χ3v) is 4.46. The molecule has 2 rings (SSSR count). The Hall–Kier alpha value is -1.35. The number of rotatable bonds is 3. The van der Waals surface area contributed by atoms with E-state index in [9.17, 15) is 8.78 Å². The second-order valence-electron chi connectivity index (χ2n) is 3.63. The summed E-state index contributed by atoms with van der Waals surface area (Å²) in [6.45, 7) is 0.325. The molecule has 98 valence electrons. The number of hydrogen-bond acceptors (Lipinski definition) is 3. The summed E-state index contributed by atoms with van der Waals surface area (Å²) in [7, 11) is 0. The van der Waals surface area contributed by atoms with Crippen molar-refractivity contribution in [3.63, 3.8) is 0 Å². The molecule has 2 aromatic rings. The van der Waals surface area contributed by atoms with Crippen molar-refractivity contribution in [3.05, 3.63) is 51.7 Å². The van der Waals surface area contributed by atoms with E-state index in [1.165, 1.54) is 17.8 Å². The van der Waals surface area contributed by atoms with Gasteiger partial charge in [-0.25, -0.2) is 8.78 Å². The smallest absolute Gasteiger partial charge is 0.159 e. The highest BCUT2D eigenvalue weighted by Gasteiger charge is 2.06. The van der Waals surface area contributed by atoms with E-state index in [2.05, 4.69) is 11.8 Å². The first kappa shape index (κ1) is 14.1. The maximum atomic E-state index is 13.1. The van der Waals surface area contributed by atoms with E-state index in [0.717, 1.165) is 16.5 Å². The van der Waals surface area contributed by atoms with Crippen molar-refractivity contribution in [3.8, 4) is 11.8 Å². The summed E-state index contributed by atoms with van der Waals surface area (Å²) in [5.74, 6) is 4.84. The van der Waals surface area contributed by atoms with Gasteiger partial charge in [0.25, 0.3) is 0 Å². The summed E-state index contributed by atoms with van der Waals surface area (Å²) >= 11 is 3.05. The van der Waals surface area contributed by atoms with E-state index in [1.807, 2.05) is 11.4 Å². The predicted molar refractivity (Wildman–Crippen MR) is 76.2 cm³/mol. The molecule has 0 aliphatic carbocycles. The van der Waals surface area contributed by atoms with Crippen LogP contribution in [-0.2, 0) is 5.75 Å². The molecule has 0 saturated heterocycles. The summed E-state index contributed by atoms with van der Waals surface area (Å²) < 4.78 is 25.9. The van der Waals surface area contributed by atoms with Gasteiger partial charge < -0.3 is 5.73 Å². The molecule has 0 aliphatic rings. The van der Waals surface area contributed by atoms with E-state index in [-0.39, 0.29) is 0 Å². The third kappa shape index (κ3) is 3.80. The van der Waals surface area contributed by atoms with Gasteiger partial charge in [0.2, 0.25) is 0 Å². The van der Waals surface area contributed by atoms with Crippen LogP contribution in [0.2, 0.25) is 0 Å². The van der Waals surface area contributed by atoms with Crippen molar-refractivity contribution in [1.82, 2.24) is 0 Å². The van der Waals surface area contributed by atoms with Crippen molar-refractivity contribution in [2.45, 2.75) is 10.6 Å². The number of halogens is 2. The topological polar surface area (TPSA) is 26.0 Å². The maximum absolute atomic E-state index is 13.1. The number of thiophene rings is 1. The molecule has 0 spiro atoms. The largest absolute Gasteiger partial charge is 0.320 e. The Kier molecular flexibility index (Phi) is 4.97. The van der Waals surface area contributed by atoms with Crippen molar-refractivity contribution >= 4 is 23.1 Å². The fraction of sp³-hybridized carbons (Fsp3) is 0.143. The van der Waals surface area contributed by atoms with Gasteiger partial charge in [-0.15, -0.1) is 23.1 Å². The molecule has 0 fully saturated rings.